The van der Waals surface area contributed by atoms with Gasteiger partial charge in [0.25, 0.3) is 5.91 Å². The summed E-state index contributed by atoms with van der Waals surface area (Å²) in [6.45, 7) is 0. The third kappa shape index (κ3) is 4.07. The van der Waals surface area contributed by atoms with Crippen LogP contribution in [0.25, 0.3) is 0 Å². The standard InChI is InChI=1S/C21H24N2O4S/c1-25-16-9-14(10-17(26-2)20(16)27-3)15(12-22)23-21(24)19-11-13-7-5-4-6-8-18(13)28-19/h9-11,15H,4-8H2,1-3H3,(H,23,24). The predicted molar refractivity (Wildman–Crippen MR) is 107 cm³/mol. The molecule has 1 amide bonds. The van der Waals surface area contributed by atoms with Crippen LogP contribution in [0.4, 0.5) is 0 Å². The zero-order valence-corrected chi connectivity index (χ0v) is 17.1. The molecule has 1 atom stereocenters. The van der Waals surface area contributed by atoms with Crippen LogP contribution in [0.3, 0.4) is 0 Å². The van der Waals surface area contributed by atoms with Gasteiger partial charge in [0, 0.05) is 4.88 Å². The normalized spacial score (nSPS) is 14.2. The van der Waals surface area contributed by atoms with Crippen LogP contribution in [0, 0.1) is 11.3 Å². The monoisotopic (exact) mass is 400 g/mol. The van der Waals surface area contributed by atoms with E-state index in [2.05, 4.69) is 11.4 Å². The summed E-state index contributed by atoms with van der Waals surface area (Å²) in [6.07, 6.45) is 5.62. The smallest absolute Gasteiger partial charge is 0.262 e. The van der Waals surface area contributed by atoms with Gasteiger partial charge < -0.3 is 19.5 Å². The van der Waals surface area contributed by atoms with E-state index >= 15 is 0 Å². The Labute approximate surface area is 169 Å². The van der Waals surface area contributed by atoms with Gasteiger partial charge in [-0.2, -0.15) is 5.26 Å². The van der Waals surface area contributed by atoms with Gasteiger partial charge in [-0.15, -0.1) is 11.3 Å². The van der Waals surface area contributed by atoms with Gasteiger partial charge in [0.2, 0.25) is 5.75 Å². The molecule has 28 heavy (non-hydrogen) atoms. The lowest BCUT2D eigenvalue weighted by atomic mass is 10.1. The minimum atomic E-state index is -0.830. The van der Waals surface area contributed by atoms with Crippen LogP contribution in [0.1, 0.15) is 51.0 Å². The second-order valence-corrected chi connectivity index (χ2v) is 7.75. The minimum absolute atomic E-state index is 0.238. The van der Waals surface area contributed by atoms with Crippen molar-refractivity contribution < 1.29 is 19.0 Å². The Morgan fingerprint density at radius 2 is 1.75 bits per heavy atom. The number of nitrogens with zero attached hydrogens (tertiary/aromatic N) is 1. The number of ether oxygens (including phenoxy) is 3. The Hall–Kier alpha value is -2.72. The first-order chi connectivity index (χ1) is 13.6. The van der Waals surface area contributed by atoms with Crippen molar-refractivity contribution in [2.24, 2.45) is 0 Å². The highest BCUT2D eigenvalue weighted by Crippen LogP contribution is 2.39. The highest BCUT2D eigenvalue weighted by atomic mass is 32.1. The summed E-state index contributed by atoms with van der Waals surface area (Å²) in [5.74, 6) is 1.08. The lowest BCUT2D eigenvalue weighted by Gasteiger charge is -2.17. The SMILES string of the molecule is COc1cc(C(C#N)NC(=O)c2cc3c(s2)CCCCC3)cc(OC)c1OC. The number of methoxy groups -OCH3 is 3. The molecule has 0 fully saturated rings. The van der Waals surface area contributed by atoms with Gasteiger partial charge in [-0.1, -0.05) is 6.42 Å². The predicted octanol–water partition coefficient (Wildman–Crippen LogP) is 4.04. The van der Waals surface area contributed by atoms with Crippen molar-refractivity contribution in [3.63, 3.8) is 0 Å². The van der Waals surface area contributed by atoms with Crippen molar-refractivity contribution in [1.82, 2.24) is 5.32 Å². The summed E-state index contributed by atoms with van der Waals surface area (Å²) >= 11 is 1.53. The fraction of sp³-hybridized carbons (Fsp3) is 0.429. The fourth-order valence-corrected chi connectivity index (χ4v) is 4.60. The number of carbonyl (C=O) groups is 1. The molecule has 0 bridgehead atoms. The minimum Gasteiger partial charge on any atom is -0.493 e. The maximum absolute atomic E-state index is 12.8. The molecule has 7 heteroatoms. The van der Waals surface area contributed by atoms with Gasteiger partial charge >= 0.3 is 0 Å². The molecule has 0 spiro atoms. The molecule has 0 radical (unpaired) electrons. The topological polar surface area (TPSA) is 80.6 Å². The average molecular weight is 401 g/mol. The summed E-state index contributed by atoms with van der Waals surface area (Å²) in [5.41, 5.74) is 1.84. The van der Waals surface area contributed by atoms with E-state index in [-0.39, 0.29) is 5.91 Å². The first-order valence-electron chi connectivity index (χ1n) is 9.23. The van der Waals surface area contributed by atoms with E-state index < -0.39 is 6.04 Å². The molecule has 1 aromatic carbocycles. The Morgan fingerprint density at radius 3 is 2.36 bits per heavy atom. The number of rotatable bonds is 6. The number of hydrogen-bond acceptors (Lipinski definition) is 6. The summed E-state index contributed by atoms with van der Waals surface area (Å²) < 4.78 is 16.0. The molecule has 1 unspecified atom stereocenters. The molecular formula is C21H24N2O4S. The third-order valence-corrected chi connectivity index (χ3v) is 6.13. The largest absolute Gasteiger partial charge is 0.493 e. The number of aryl methyl sites for hydroxylation is 2. The van der Waals surface area contributed by atoms with Crippen molar-refractivity contribution in [2.75, 3.05) is 21.3 Å². The van der Waals surface area contributed by atoms with Gasteiger partial charge in [-0.25, -0.2) is 0 Å². The van der Waals surface area contributed by atoms with Crippen LogP contribution in [0.15, 0.2) is 18.2 Å². The van der Waals surface area contributed by atoms with Crippen molar-refractivity contribution >= 4 is 17.2 Å². The molecule has 0 saturated carbocycles. The highest BCUT2D eigenvalue weighted by molar-refractivity contribution is 7.14. The van der Waals surface area contributed by atoms with E-state index in [1.54, 1.807) is 12.1 Å². The second kappa shape index (κ2) is 8.98. The molecular weight excluding hydrogens is 376 g/mol. The maximum Gasteiger partial charge on any atom is 0.262 e. The Balaban J connectivity index is 1.84. The number of fused-ring (bicyclic) bond motifs is 1. The molecule has 6 nitrogen and oxygen atoms in total. The van der Waals surface area contributed by atoms with Crippen molar-refractivity contribution in [3.8, 4) is 23.3 Å². The van der Waals surface area contributed by atoms with Crippen LogP contribution in [-0.2, 0) is 12.8 Å². The Kier molecular flexibility index (Phi) is 6.42. The van der Waals surface area contributed by atoms with Gasteiger partial charge in [-0.3, -0.25) is 4.79 Å². The molecule has 1 aromatic heterocycles. The molecule has 1 aliphatic rings. The number of amides is 1. The van der Waals surface area contributed by atoms with E-state index in [0.717, 1.165) is 19.3 Å². The van der Waals surface area contributed by atoms with Crippen LogP contribution in [-0.4, -0.2) is 27.2 Å². The Morgan fingerprint density at radius 1 is 1.07 bits per heavy atom. The van der Waals surface area contributed by atoms with Crippen LogP contribution < -0.4 is 19.5 Å². The number of thiophene rings is 1. The van der Waals surface area contributed by atoms with Crippen LogP contribution >= 0.6 is 11.3 Å². The quantitative estimate of drug-likeness (QED) is 0.740. The van der Waals surface area contributed by atoms with Crippen molar-refractivity contribution in [3.05, 3.63) is 39.1 Å². The first kappa shape index (κ1) is 20.0. The molecule has 3 rings (SSSR count). The van der Waals surface area contributed by atoms with Gasteiger partial charge in [0.1, 0.15) is 6.04 Å². The number of hydrogen-bond donors (Lipinski definition) is 1. The average Bonchev–Trinajstić information content (AvgIpc) is 3.01. The van der Waals surface area contributed by atoms with E-state index in [4.69, 9.17) is 14.2 Å². The van der Waals surface area contributed by atoms with Crippen molar-refractivity contribution in [1.29, 1.82) is 5.26 Å². The molecule has 1 N–H and O–H groups in total. The van der Waals surface area contributed by atoms with E-state index in [9.17, 15) is 10.1 Å². The maximum atomic E-state index is 12.8. The molecule has 2 aromatic rings. The molecule has 148 valence electrons. The second-order valence-electron chi connectivity index (χ2n) is 6.61. The number of nitriles is 1. The van der Waals surface area contributed by atoms with Gasteiger partial charge in [-0.05, 0) is 55.0 Å². The van der Waals surface area contributed by atoms with Gasteiger partial charge in [0.15, 0.2) is 11.5 Å². The number of nitrogens with one attached hydrogen (secondary N) is 1. The number of benzene rings is 1. The summed E-state index contributed by atoms with van der Waals surface area (Å²) in [5, 5.41) is 12.5. The van der Waals surface area contributed by atoms with Crippen LogP contribution in [0.5, 0.6) is 17.2 Å². The molecule has 1 heterocycles. The lowest BCUT2D eigenvalue weighted by Crippen LogP contribution is -2.27. The summed E-state index contributed by atoms with van der Waals surface area (Å²) in [7, 11) is 4.55. The highest BCUT2D eigenvalue weighted by Gasteiger charge is 2.22. The lowest BCUT2D eigenvalue weighted by molar-refractivity contribution is 0.0949. The van der Waals surface area contributed by atoms with Gasteiger partial charge in [0.05, 0.1) is 32.3 Å². The number of carbonyl (C=O) groups excluding carboxylic acids is 1. The summed E-state index contributed by atoms with van der Waals surface area (Å²) in [6, 6.07) is 6.66. The molecule has 0 saturated heterocycles. The third-order valence-electron chi connectivity index (χ3n) is 4.90. The van der Waals surface area contributed by atoms with E-state index in [0.29, 0.717) is 27.7 Å². The molecule has 1 aliphatic carbocycles. The molecule has 0 aliphatic heterocycles. The zero-order chi connectivity index (χ0) is 20.1. The Bertz CT molecular complexity index is 852. The zero-order valence-electron chi connectivity index (χ0n) is 16.3. The van der Waals surface area contributed by atoms with E-state index in [1.165, 1.54) is 55.9 Å². The fourth-order valence-electron chi connectivity index (χ4n) is 3.44. The van der Waals surface area contributed by atoms with Crippen molar-refractivity contribution in [2.45, 2.75) is 38.1 Å². The summed E-state index contributed by atoms with van der Waals surface area (Å²) in [4.78, 5) is 14.7. The first-order valence-corrected chi connectivity index (χ1v) is 10.0. The van der Waals surface area contributed by atoms with E-state index in [1.807, 2.05) is 6.07 Å². The van der Waals surface area contributed by atoms with Crippen LogP contribution in [0.2, 0.25) is 0 Å².